The van der Waals surface area contributed by atoms with Gasteiger partial charge in [-0.05, 0) is 95.0 Å². The molecular weight excluding hydrogens is 444 g/mol. The first-order chi connectivity index (χ1) is 16.6. The van der Waals surface area contributed by atoms with Crippen molar-refractivity contribution in [3.63, 3.8) is 0 Å². The Kier molecular flexibility index (Phi) is 8.59. The highest BCUT2D eigenvalue weighted by Gasteiger charge is 2.22. The summed E-state index contributed by atoms with van der Waals surface area (Å²) < 4.78 is 10.7. The van der Waals surface area contributed by atoms with Crippen molar-refractivity contribution in [3.8, 4) is 23.0 Å². The van der Waals surface area contributed by atoms with Gasteiger partial charge in [0.25, 0.3) is 0 Å². The average Bonchev–Trinajstić information content (AvgIpc) is 2.79. The van der Waals surface area contributed by atoms with Crippen LogP contribution in [0.1, 0.15) is 41.5 Å². The Hall–Kier alpha value is -3.29. The van der Waals surface area contributed by atoms with Gasteiger partial charge in [0, 0.05) is 35.4 Å². The molecule has 35 heavy (non-hydrogen) atoms. The number of allylic oxidation sites excluding steroid dienone is 2. The number of benzene rings is 2. The molecule has 0 radical (unpaired) electrons. The van der Waals surface area contributed by atoms with E-state index in [1.807, 2.05) is 62.3 Å². The number of carbonyl (C=O) groups excluding carboxylic acids is 1. The van der Waals surface area contributed by atoms with E-state index in [2.05, 4.69) is 0 Å². The van der Waals surface area contributed by atoms with Crippen LogP contribution in [0.15, 0.2) is 35.4 Å². The molecule has 0 aromatic heterocycles. The van der Waals surface area contributed by atoms with Gasteiger partial charge in [-0.2, -0.15) is 0 Å². The Morgan fingerprint density at radius 1 is 0.771 bits per heavy atom. The quantitative estimate of drug-likeness (QED) is 0.540. The van der Waals surface area contributed by atoms with Gasteiger partial charge in [-0.1, -0.05) is 0 Å². The van der Waals surface area contributed by atoms with Crippen molar-refractivity contribution in [1.29, 1.82) is 0 Å². The zero-order chi connectivity index (χ0) is 25.7. The van der Waals surface area contributed by atoms with E-state index in [1.165, 1.54) is 14.2 Å². The summed E-state index contributed by atoms with van der Waals surface area (Å²) in [4.78, 5) is 17.3. The van der Waals surface area contributed by atoms with Gasteiger partial charge in [0.2, 0.25) is 0 Å². The zero-order valence-electron chi connectivity index (χ0n) is 21.5. The highest BCUT2D eigenvalue weighted by molar-refractivity contribution is 6.14. The molecule has 3 rings (SSSR count). The van der Waals surface area contributed by atoms with Crippen LogP contribution < -0.4 is 9.47 Å². The third-order valence-electron chi connectivity index (χ3n) is 5.92. The molecule has 2 N–H and O–H groups in total. The zero-order valence-corrected chi connectivity index (χ0v) is 21.5. The van der Waals surface area contributed by atoms with Crippen LogP contribution >= 0.6 is 0 Å². The van der Waals surface area contributed by atoms with Gasteiger partial charge < -0.3 is 29.5 Å². The number of ketones is 1. The van der Waals surface area contributed by atoms with Crippen molar-refractivity contribution in [2.24, 2.45) is 0 Å². The van der Waals surface area contributed by atoms with Crippen LogP contribution in [0.2, 0.25) is 0 Å². The number of carbonyl (C=O) groups is 1. The third kappa shape index (κ3) is 6.44. The number of rotatable bonds is 8. The topological polar surface area (TPSA) is 82.5 Å². The molecule has 0 atom stereocenters. The molecule has 188 valence electrons. The van der Waals surface area contributed by atoms with Gasteiger partial charge in [-0.15, -0.1) is 0 Å². The summed E-state index contributed by atoms with van der Waals surface area (Å²) in [6.45, 7) is 1.10. The fourth-order valence-electron chi connectivity index (χ4n) is 4.36. The molecule has 1 aliphatic carbocycles. The van der Waals surface area contributed by atoms with Crippen LogP contribution in [-0.4, -0.2) is 68.2 Å². The van der Waals surface area contributed by atoms with Gasteiger partial charge in [-0.3, -0.25) is 4.79 Å². The molecule has 1 aliphatic rings. The third-order valence-corrected chi connectivity index (χ3v) is 5.92. The molecule has 0 spiro atoms. The first-order valence-corrected chi connectivity index (χ1v) is 11.7. The highest BCUT2D eigenvalue weighted by atomic mass is 16.5. The number of hydrogen-bond acceptors (Lipinski definition) is 7. The molecule has 7 heteroatoms. The number of phenols is 2. The lowest BCUT2D eigenvalue weighted by atomic mass is 9.86. The predicted molar refractivity (Wildman–Crippen MR) is 139 cm³/mol. The number of hydrogen-bond donors (Lipinski definition) is 2. The second-order valence-electron chi connectivity index (χ2n) is 9.46. The van der Waals surface area contributed by atoms with E-state index in [0.29, 0.717) is 37.4 Å². The smallest absolute Gasteiger partial charge is 0.185 e. The van der Waals surface area contributed by atoms with Crippen molar-refractivity contribution < 1.29 is 24.5 Å². The first kappa shape index (κ1) is 26.3. The average molecular weight is 481 g/mol. The van der Waals surface area contributed by atoms with Gasteiger partial charge in [0.05, 0.1) is 14.2 Å². The standard InChI is InChI=1S/C28H36N2O5/c1-29(2)16-22-12-18(14-24(34-5)27(22)32)10-20-8-7-9-21(26(20)31)11-19-13-23(17-30(3)4)28(33)25(15-19)35-6/h10-15,32-33H,7-9,16-17H2,1-6H3/b20-10+,21-11+. The molecule has 0 heterocycles. The van der Waals surface area contributed by atoms with Crippen molar-refractivity contribution in [3.05, 3.63) is 57.7 Å². The Labute approximate surface area is 207 Å². The fraction of sp³-hybridized carbons (Fsp3) is 0.393. The molecular formula is C28H36N2O5. The number of phenolic OH excluding ortho intramolecular Hbond substituents is 2. The summed E-state index contributed by atoms with van der Waals surface area (Å²) >= 11 is 0. The summed E-state index contributed by atoms with van der Waals surface area (Å²) in [5.74, 6) is 1.03. The van der Waals surface area contributed by atoms with Crippen molar-refractivity contribution in [1.82, 2.24) is 9.80 Å². The molecule has 0 aliphatic heterocycles. The molecule has 0 amide bonds. The Morgan fingerprint density at radius 2 is 1.17 bits per heavy atom. The van der Waals surface area contributed by atoms with E-state index in [9.17, 15) is 15.0 Å². The van der Waals surface area contributed by atoms with Crippen LogP contribution in [0.5, 0.6) is 23.0 Å². The summed E-state index contributed by atoms with van der Waals surface area (Å²) in [5, 5.41) is 21.0. The number of methoxy groups -OCH3 is 2. The number of aromatic hydroxyl groups is 2. The van der Waals surface area contributed by atoms with Crippen molar-refractivity contribution in [2.45, 2.75) is 32.4 Å². The maximum Gasteiger partial charge on any atom is 0.185 e. The second-order valence-corrected chi connectivity index (χ2v) is 9.46. The summed E-state index contributed by atoms with van der Waals surface area (Å²) in [6.07, 6.45) is 6.03. The van der Waals surface area contributed by atoms with E-state index in [4.69, 9.17) is 9.47 Å². The van der Waals surface area contributed by atoms with Crippen LogP contribution in [0.25, 0.3) is 12.2 Å². The molecule has 0 bridgehead atoms. The van der Waals surface area contributed by atoms with Crippen LogP contribution in [0.4, 0.5) is 0 Å². The fourth-order valence-corrected chi connectivity index (χ4v) is 4.36. The van der Waals surface area contributed by atoms with E-state index >= 15 is 0 Å². The van der Waals surface area contributed by atoms with Crippen LogP contribution in [0.3, 0.4) is 0 Å². The van der Waals surface area contributed by atoms with E-state index in [0.717, 1.165) is 39.8 Å². The summed E-state index contributed by atoms with van der Waals surface area (Å²) in [6, 6.07) is 7.30. The monoisotopic (exact) mass is 480 g/mol. The maximum absolute atomic E-state index is 13.4. The number of ether oxygens (including phenoxy) is 2. The Bertz CT molecular complexity index is 1060. The predicted octanol–water partition coefficient (Wildman–Crippen LogP) is 4.46. The lowest BCUT2D eigenvalue weighted by Crippen LogP contribution is -2.13. The van der Waals surface area contributed by atoms with E-state index in [1.54, 1.807) is 12.1 Å². The molecule has 1 fully saturated rings. The van der Waals surface area contributed by atoms with Gasteiger partial charge in [-0.25, -0.2) is 0 Å². The molecule has 0 unspecified atom stereocenters. The molecule has 7 nitrogen and oxygen atoms in total. The summed E-state index contributed by atoms with van der Waals surface area (Å²) in [7, 11) is 10.8. The summed E-state index contributed by atoms with van der Waals surface area (Å²) in [5.41, 5.74) is 4.58. The first-order valence-electron chi connectivity index (χ1n) is 11.7. The van der Waals surface area contributed by atoms with Gasteiger partial charge >= 0.3 is 0 Å². The lowest BCUT2D eigenvalue weighted by molar-refractivity contribution is -0.112. The van der Waals surface area contributed by atoms with Crippen LogP contribution in [0, 0.1) is 0 Å². The van der Waals surface area contributed by atoms with Gasteiger partial charge in [0.15, 0.2) is 28.8 Å². The van der Waals surface area contributed by atoms with E-state index in [-0.39, 0.29) is 17.3 Å². The van der Waals surface area contributed by atoms with Gasteiger partial charge in [0.1, 0.15) is 0 Å². The largest absolute Gasteiger partial charge is 0.504 e. The highest BCUT2D eigenvalue weighted by Crippen LogP contribution is 2.36. The van der Waals surface area contributed by atoms with Crippen LogP contribution in [-0.2, 0) is 17.9 Å². The molecule has 2 aromatic rings. The lowest BCUT2D eigenvalue weighted by Gasteiger charge is -2.19. The SMILES string of the molecule is COc1cc(/C=C2\CCC/C(=C\c3cc(CN(C)C)c(O)c(OC)c3)C2=O)cc(CN(C)C)c1O. The number of nitrogens with zero attached hydrogens (tertiary/aromatic N) is 2. The normalized spacial score (nSPS) is 16.5. The second kappa shape index (κ2) is 11.4. The Morgan fingerprint density at radius 3 is 1.51 bits per heavy atom. The molecule has 1 saturated carbocycles. The molecule has 0 saturated heterocycles. The maximum atomic E-state index is 13.4. The minimum absolute atomic E-state index is 0.0126. The number of Topliss-reactive ketones (excluding diaryl/α,β-unsaturated/α-hetero) is 1. The van der Waals surface area contributed by atoms with E-state index < -0.39 is 0 Å². The Balaban J connectivity index is 1.97. The molecule has 2 aromatic carbocycles. The minimum Gasteiger partial charge on any atom is -0.504 e. The van der Waals surface area contributed by atoms with Crippen molar-refractivity contribution in [2.75, 3.05) is 42.4 Å². The minimum atomic E-state index is 0.0126. The van der Waals surface area contributed by atoms with Crippen molar-refractivity contribution >= 4 is 17.9 Å².